The second-order valence-electron chi connectivity index (χ2n) is 11.0. The van der Waals surface area contributed by atoms with Gasteiger partial charge in [0.05, 0.1) is 18.3 Å². The summed E-state index contributed by atoms with van der Waals surface area (Å²) in [5.74, 6) is 0.221. The molecule has 0 aromatic heterocycles. The summed E-state index contributed by atoms with van der Waals surface area (Å²) in [5, 5.41) is 41.9. The molecule has 0 bridgehead atoms. The van der Waals surface area contributed by atoms with Gasteiger partial charge in [0, 0.05) is 11.8 Å². The Balaban J connectivity index is 1.69. The lowest BCUT2D eigenvalue weighted by Crippen LogP contribution is -2.55. The van der Waals surface area contributed by atoms with E-state index in [1.54, 1.807) is 0 Å². The van der Waals surface area contributed by atoms with E-state index in [-0.39, 0.29) is 41.1 Å². The van der Waals surface area contributed by atoms with E-state index in [9.17, 15) is 20.1 Å². The van der Waals surface area contributed by atoms with Crippen molar-refractivity contribution >= 4 is 5.97 Å². The number of aliphatic hydroxyl groups excluding tert-OH is 3. The zero-order chi connectivity index (χ0) is 21.1. The summed E-state index contributed by atoms with van der Waals surface area (Å²) in [5.41, 5.74) is 2.14. The van der Waals surface area contributed by atoms with Gasteiger partial charge in [0.2, 0.25) is 0 Å². The molecule has 3 saturated carbocycles. The SMILES string of the molecule is C[C@H](CCC(=O)O)[C@H]1CCC2=C3[C@H](O)C[C@@H]4C[C@H](O)CC[C@]4(C)[C@H]3C[C@H](O)[C@@]21C. The van der Waals surface area contributed by atoms with Crippen LogP contribution in [0.5, 0.6) is 0 Å². The minimum Gasteiger partial charge on any atom is -0.481 e. The number of carbonyl (C=O) groups is 1. The second-order valence-corrected chi connectivity index (χ2v) is 11.0. The highest BCUT2D eigenvalue weighted by Gasteiger charge is 2.60. The lowest BCUT2D eigenvalue weighted by atomic mass is 9.47. The molecule has 0 aromatic carbocycles. The van der Waals surface area contributed by atoms with Crippen molar-refractivity contribution in [2.75, 3.05) is 0 Å². The highest BCUT2D eigenvalue weighted by molar-refractivity contribution is 5.66. The van der Waals surface area contributed by atoms with Gasteiger partial charge in [-0.1, -0.05) is 26.3 Å². The van der Waals surface area contributed by atoms with E-state index in [2.05, 4.69) is 20.8 Å². The first-order valence-electron chi connectivity index (χ1n) is 11.6. The Labute approximate surface area is 174 Å². The van der Waals surface area contributed by atoms with Gasteiger partial charge in [-0.3, -0.25) is 4.79 Å². The van der Waals surface area contributed by atoms with Crippen molar-refractivity contribution in [3.63, 3.8) is 0 Å². The number of aliphatic hydroxyl groups is 3. The smallest absolute Gasteiger partial charge is 0.303 e. The van der Waals surface area contributed by atoms with Crippen molar-refractivity contribution in [1.29, 1.82) is 0 Å². The van der Waals surface area contributed by atoms with Gasteiger partial charge in [-0.15, -0.1) is 0 Å². The molecule has 0 amide bonds. The molecule has 4 aliphatic carbocycles. The van der Waals surface area contributed by atoms with Gasteiger partial charge in [0.1, 0.15) is 0 Å². The topological polar surface area (TPSA) is 98.0 Å². The molecule has 5 heteroatoms. The third-order valence-electron chi connectivity index (χ3n) is 9.67. The van der Waals surface area contributed by atoms with Crippen molar-refractivity contribution < 1.29 is 25.2 Å². The van der Waals surface area contributed by atoms with Crippen molar-refractivity contribution in [2.45, 2.75) is 96.9 Å². The fourth-order valence-corrected chi connectivity index (χ4v) is 7.91. The minimum atomic E-state index is -0.760. The van der Waals surface area contributed by atoms with Crippen LogP contribution in [0.15, 0.2) is 11.1 Å². The first-order chi connectivity index (χ1) is 13.6. The fourth-order valence-electron chi connectivity index (χ4n) is 7.91. The number of carboxylic acid groups (broad SMARTS) is 1. The summed E-state index contributed by atoms with van der Waals surface area (Å²) in [6.07, 6.45) is 5.39. The molecule has 0 unspecified atom stereocenters. The monoisotopic (exact) mass is 406 g/mol. The average Bonchev–Trinajstić information content (AvgIpc) is 3.01. The number of rotatable bonds is 4. The van der Waals surface area contributed by atoms with E-state index < -0.39 is 18.2 Å². The van der Waals surface area contributed by atoms with Crippen LogP contribution in [-0.4, -0.2) is 44.7 Å². The van der Waals surface area contributed by atoms with Crippen molar-refractivity contribution in [3.05, 3.63) is 11.1 Å². The Morgan fingerprint density at radius 3 is 2.55 bits per heavy atom. The van der Waals surface area contributed by atoms with Crippen LogP contribution in [0.1, 0.15) is 78.6 Å². The standard InChI is InChI=1S/C24H38O5/c1-13(4-7-21(28)29)16-5-6-17-22-18(12-20(27)24(16,17)3)23(2)9-8-15(25)10-14(23)11-19(22)26/h13-16,18-20,25-27H,4-12H2,1-3H3,(H,28,29)/t13-,14+,15-,16-,18+,19-,20+,23+,24-/m1/s1. The van der Waals surface area contributed by atoms with Crippen LogP contribution in [0.25, 0.3) is 0 Å². The van der Waals surface area contributed by atoms with E-state index in [1.807, 2.05) is 0 Å². The van der Waals surface area contributed by atoms with Crippen LogP contribution < -0.4 is 0 Å². The molecular formula is C24H38O5. The molecule has 0 radical (unpaired) electrons. The molecule has 164 valence electrons. The molecule has 5 nitrogen and oxygen atoms in total. The van der Waals surface area contributed by atoms with Crippen LogP contribution in [0.4, 0.5) is 0 Å². The zero-order valence-corrected chi connectivity index (χ0v) is 18.1. The normalized spacial score (nSPS) is 47.9. The Kier molecular flexibility index (Phi) is 5.40. The lowest BCUT2D eigenvalue weighted by molar-refractivity contribution is -0.137. The third-order valence-corrected chi connectivity index (χ3v) is 9.67. The van der Waals surface area contributed by atoms with Gasteiger partial charge in [0.25, 0.3) is 0 Å². The summed E-state index contributed by atoms with van der Waals surface area (Å²) >= 11 is 0. The lowest BCUT2D eigenvalue weighted by Gasteiger charge is -2.59. The first kappa shape index (κ1) is 21.3. The Bertz CT molecular complexity index is 701. The molecule has 0 spiro atoms. The van der Waals surface area contributed by atoms with Crippen LogP contribution in [0, 0.1) is 34.5 Å². The minimum absolute atomic E-state index is 0.0378. The van der Waals surface area contributed by atoms with Gasteiger partial charge in [-0.05, 0) is 86.0 Å². The Morgan fingerprint density at radius 2 is 1.86 bits per heavy atom. The van der Waals surface area contributed by atoms with Crippen molar-refractivity contribution in [1.82, 2.24) is 0 Å². The second kappa shape index (κ2) is 7.35. The van der Waals surface area contributed by atoms with Gasteiger partial charge >= 0.3 is 5.97 Å². The predicted molar refractivity (Wildman–Crippen MR) is 110 cm³/mol. The van der Waals surface area contributed by atoms with E-state index in [1.165, 1.54) is 11.1 Å². The molecule has 0 heterocycles. The summed E-state index contributed by atoms with van der Waals surface area (Å²) < 4.78 is 0. The molecule has 0 saturated heterocycles. The van der Waals surface area contributed by atoms with Crippen molar-refractivity contribution in [3.8, 4) is 0 Å². The molecule has 4 rings (SSSR count). The molecule has 0 aromatic rings. The molecule has 4 aliphatic rings. The number of fused-ring (bicyclic) bond motifs is 4. The highest BCUT2D eigenvalue weighted by Crippen LogP contribution is 2.65. The summed E-state index contributed by atoms with van der Waals surface area (Å²) in [6.45, 7) is 6.61. The highest BCUT2D eigenvalue weighted by atomic mass is 16.4. The zero-order valence-electron chi connectivity index (χ0n) is 18.1. The molecule has 0 aliphatic heterocycles. The maximum atomic E-state index is 11.4. The van der Waals surface area contributed by atoms with Gasteiger partial charge in [-0.2, -0.15) is 0 Å². The number of hydrogen-bond donors (Lipinski definition) is 4. The van der Waals surface area contributed by atoms with Gasteiger partial charge in [-0.25, -0.2) is 0 Å². The van der Waals surface area contributed by atoms with Gasteiger partial charge in [0.15, 0.2) is 0 Å². The van der Waals surface area contributed by atoms with E-state index in [0.717, 1.165) is 32.1 Å². The van der Waals surface area contributed by atoms with Crippen LogP contribution in [-0.2, 0) is 4.79 Å². The summed E-state index contributed by atoms with van der Waals surface area (Å²) in [6, 6.07) is 0. The maximum absolute atomic E-state index is 11.4. The quantitative estimate of drug-likeness (QED) is 0.536. The van der Waals surface area contributed by atoms with Crippen LogP contribution in [0.3, 0.4) is 0 Å². The first-order valence-corrected chi connectivity index (χ1v) is 11.6. The molecule has 4 N–H and O–H groups in total. The molecule has 9 atom stereocenters. The number of hydrogen-bond acceptors (Lipinski definition) is 4. The molecule has 29 heavy (non-hydrogen) atoms. The number of aliphatic carboxylic acids is 1. The molecule has 3 fully saturated rings. The predicted octanol–water partition coefficient (Wildman–Crippen LogP) is 3.51. The maximum Gasteiger partial charge on any atom is 0.303 e. The number of carboxylic acids is 1. The average molecular weight is 407 g/mol. The fraction of sp³-hybridized carbons (Fsp3) is 0.875. The van der Waals surface area contributed by atoms with E-state index in [4.69, 9.17) is 5.11 Å². The Hall–Kier alpha value is -0.910. The van der Waals surface area contributed by atoms with Crippen molar-refractivity contribution in [2.24, 2.45) is 34.5 Å². The summed E-state index contributed by atoms with van der Waals surface area (Å²) in [4.78, 5) is 11.1. The summed E-state index contributed by atoms with van der Waals surface area (Å²) in [7, 11) is 0. The van der Waals surface area contributed by atoms with E-state index in [0.29, 0.717) is 25.2 Å². The van der Waals surface area contributed by atoms with Crippen LogP contribution >= 0.6 is 0 Å². The third kappa shape index (κ3) is 3.19. The van der Waals surface area contributed by atoms with Crippen LogP contribution in [0.2, 0.25) is 0 Å². The van der Waals surface area contributed by atoms with Gasteiger partial charge < -0.3 is 20.4 Å². The largest absolute Gasteiger partial charge is 0.481 e. The van der Waals surface area contributed by atoms with E-state index >= 15 is 0 Å². The Morgan fingerprint density at radius 1 is 1.14 bits per heavy atom. The molecular weight excluding hydrogens is 368 g/mol.